The summed E-state index contributed by atoms with van der Waals surface area (Å²) in [4.78, 5) is 36.7. The molecule has 154 valence electrons. The zero-order chi connectivity index (χ0) is 20.7. The summed E-state index contributed by atoms with van der Waals surface area (Å²) in [7, 11) is 0. The molecule has 0 unspecified atom stereocenters. The lowest BCUT2D eigenvalue weighted by Crippen LogP contribution is -2.39. The van der Waals surface area contributed by atoms with Crippen LogP contribution in [0.1, 0.15) is 31.1 Å². The van der Waals surface area contributed by atoms with Gasteiger partial charge in [-0.2, -0.15) is 0 Å². The minimum Gasteiger partial charge on any atom is -0.444 e. The first-order valence-corrected chi connectivity index (χ1v) is 9.03. The van der Waals surface area contributed by atoms with E-state index < -0.39 is 22.5 Å². The number of hydrogen-bond donors (Lipinski definition) is 2. The van der Waals surface area contributed by atoms with Crippen molar-refractivity contribution < 1.29 is 24.0 Å². The number of nitrogens with one attached hydrogen (secondary N) is 2. The number of amides is 2. The Hall–Kier alpha value is -2.88. The molecule has 10 heteroatoms. The van der Waals surface area contributed by atoms with Crippen LogP contribution in [0.3, 0.4) is 0 Å². The molecule has 0 radical (unpaired) electrons. The SMILES string of the molecule is CC(C)(C)OC(=O)NCCNC(=O)c1cc([N+](=O)[O-])ccc1N1CCOCC1. The number of alkyl carbamates (subject to hydrolysis) is 1. The molecule has 1 fully saturated rings. The van der Waals surface area contributed by atoms with E-state index in [9.17, 15) is 19.7 Å². The standard InChI is InChI=1S/C18H26N4O6/c1-18(2,3)28-17(24)20-7-6-19-16(23)14-12-13(22(25)26)4-5-15(14)21-8-10-27-11-9-21/h4-5,12H,6-11H2,1-3H3,(H,19,23)(H,20,24). The van der Waals surface area contributed by atoms with Gasteiger partial charge in [0.05, 0.1) is 29.4 Å². The number of nitro groups is 1. The van der Waals surface area contributed by atoms with E-state index in [0.29, 0.717) is 32.0 Å². The molecule has 1 saturated heterocycles. The number of ether oxygens (including phenoxy) is 2. The number of benzene rings is 1. The van der Waals surface area contributed by atoms with Gasteiger partial charge < -0.3 is 25.0 Å². The molecule has 0 aliphatic carbocycles. The largest absolute Gasteiger partial charge is 0.444 e. The van der Waals surface area contributed by atoms with Gasteiger partial charge in [-0.3, -0.25) is 14.9 Å². The molecular weight excluding hydrogens is 368 g/mol. The Labute approximate surface area is 163 Å². The van der Waals surface area contributed by atoms with E-state index in [-0.39, 0.29) is 24.3 Å². The van der Waals surface area contributed by atoms with Crippen LogP contribution in [0, 0.1) is 10.1 Å². The summed E-state index contributed by atoms with van der Waals surface area (Å²) in [6.45, 7) is 7.83. The zero-order valence-corrected chi connectivity index (χ0v) is 16.3. The summed E-state index contributed by atoms with van der Waals surface area (Å²) in [5.74, 6) is -0.448. The molecule has 0 spiro atoms. The van der Waals surface area contributed by atoms with Crippen molar-refractivity contribution >= 4 is 23.4 Å². The second-order valence-corrected chi connectivity index (χ2v) is 7.24. The number of nitro benzene ring substituents is 1. The lowest BCUT2D eigenvalue weighted by molar-refractivity contribution is -0.384. The molecule has 2 N–H and O–H groups in total. The van der Waals surface area contributed by atoms with Crippen LogP contribution in [0.25, 0.3) is 0 Å². The zero-order valence-electron chi connectivity index (χ0n) is 16.3. The third kappa shape index (κ3) is 6.38. The number of anilines is 1. The molecule has 28 heavy (non-hydrogen) atoms. The number of carbonyl (C=O) groups excluding carboxylic acids is 2. The van der Waals surface area contributed by atoms with Gasteiger partial charge in [0.25, 0.3) is 11.6 Å². The molecule has 1 aliphatic heterocycles. The van der Waals surface area contributed by atoms with Gasteiger partial charge in [-0.05, 0) is 26.8 Å². The van der Waals surface area contributed by atoms with Crippen LogP contribution < -0.4 is 15.5 Å². The molecule has 10 nitrogen and oxygen atoms in total. The van der Waals surface area contributed by atoms with E-state index in [1.54, 1.807) is 26.8 Å². The third-order valence-corrected chi connectivity index (χ3v) is 3.87. The lowest BCUT2D eigenvalue weighted by Gasteiger charge is -2.30. The third-order valence-electron chi connectivity index (χ3n) is 3.87. The topological polar surface area (TPSA) is 123 Å². The van der Waals surface area contributed by atoms with Crippen LogP contribution in [-0.4, -0.2) is 61.9 Å². The van der Waals surface area contributed by atoms with Gasteiger partial charge in [-0.25, -0.2) is 4.79 Å². The number of non-ortho nitro benzene ring substituents is 1. The fourth-order valence-corrected chi connectivity index (χ4v) is 2.65. The predicted molar refractivity (Wildman–Crippen MR) is 103 cm³/mol. The summed E-state index contributed by atoms with van der Waals surface area (Å²) in [6.07, 6.45) is -0.578. The van der Waals surface area contributed by atoms with E-state index >= 15 is 0 Å². The lowest BCUT2D eigenvalue weighted by atomic mass is 10.1. The van der Waals surface area contributed by atoms with Crippen molar-refractivity contribution in [3.8, 4) is 0 Å². The van der Waals surface area contributed by atoms with Gasteiger partial charge in [0.1, 0.15) is 5.60 Å². The van der Waals surface area contributed by atoms with E-state index in [2.05, 4.69) is 10.6 Å². The monoisotopic (exact) mass is 394 g/mol. The minimum atomic E-state index is -0.608. The number of nitrogens with zero attached hydrogens (tertiary/aromatic N) is 2. The van der Waals surface area contributed by atoms with Crippen molar-refractivity contribution in [1.82, 2.24) is 10.6 Å². The summed E-state index contributed by atoms with van der Waals surface area (Å²) in [6, 6.07) is 4.23. The highest BCUT2D eigenvalue weighted by atomic mass is 16.6. The van der Waals surface area contributed by atoms with E-state index in [1.165, 1.54) is 12.1 Å². The minimum absolute atomic E-state index is 0.156. The van der Waals surface area contributed by atoms with Crippen molar-refractivity contribution in [2.24, 2.45) is 0 Å². The van der Waals surface area contributed by atoms with E-state index in [4.69, 9.17) is 9.47 Å². The van der Waals surface area contributed by atoms with Gasteiger partial charge in [-0.1, -0.05) is 0 Å². The van der Waals surface area contributed by atoms with Crippen LogP contribution in [-0.2, 0) is 9.47 Å². The molecule has 0 saturated carbocycles. The molecule has 0 bridgehead atoms. The molecule has 0 aromatic heterocycles. The first-order valence-electron chi connectivity index (χ1n) is 9.03. The molecule has 2 rings (SSSR count). The van der Waals surface area contributed by atoms with Crippen molar-refractivity contribution in [3.63, 3.8) is 0 Å². The highest BCUT2D eigenvalue weighted by Gasteiger charge is 2.22. The molecule has 1 aliphatic rings. The number of carbonyl (C=O) groups is 2. The Morgan fingerprint density at radius 2 is 1.86 bits per heavy atom. The normalized spacial score (nSPS) is 14.3. The highest BCUT2D eigenvalue weighted by Crippen LogP contribution is 2.26. The summed E-state index contributed by atoms with van der Waals surface area (Å²) in [5.41, 5.74) is 0.0671. The van der Waals surface area contributed by atoms with Crippen LogP contribution in [0.15, 0.2) is 18.2 Å². The highest BCUT2D eigenvalue weighted by molar-refractivity contribution is 6.00. The summed E-state index contributed by atoms with van der Waals surface area (Å²) < 4.78 is 10.4. The predicted octanol–water partition coefficient (Wildman–Crippen LogP) is 1.69. The van der Waals surface area contributed by atoms with Crippen LogP contribution >= 0.6 is 0 Å². The number of hydrogen-bond acceptors (Lipinski definition) is 7. The van der Waals surface area contributed by atoms with Crippen molar-refractivity contribution in [2.45, 2.75) is 26.4 Å². The van der Waals surface area contributed by atoms with Gasteiger partial charge >= 0.3 is 6.09 Å². The van der Waals surface area contributed by atoms with E-state index in [0.717, 1.165) is 0 Å². The average Bonchev–Trinajstić information content (AvgIpc) is 2.63. The molecule has 0 atom stereocenters. The Balaban J connectivity index is 2.01. The van der Waals surface area contributed by atoms with Gasteiger partial charge in [0.2, 0.25) is 0 Å². The Kier molecular flexibility index (Phi) is 7.16. The van der Waals surface area contributed by atoms with Crippen molar-refractivity contribution in [2.75, 3.05) is 44.3 Å². The van der Waals surface area contributed by atoms with Gasteiger partial charge in [0, 0.05) is 38.3 Å². The molecule has 1 heterocycles. The Bertz CT molecular complexity index is 725. The second-order valence-electron chi connectivity index (χ2n) is 7.24. The number of morpholine rings is 1. The van der Waals surface area contributed by atoms with Crippen molar-refractivity contribution in [1.29, 1.82) is 0 Å². The number of rotatable bonds is 6. The van der Waals surface area contributed by atoms with Crippen LogP contribution in [0.5, 0.6) is 0 Å². The van der Waals surface area contributed by atoms with Gasteiger partial charge in [0.15, 0.2) is 0 Å². The summed E-state index contributed by atoms with van der Waals surface area (Å²) in [5, 5.41) is 16.3. The molecular formula is C18H26N4O6. The fourth-order valence-electron chi connectivity index (χ4n) is 2.65. The fraction of sp³-hybridized carbons (Fsp3) is 0.556. The maximum Gasteiger partial charge on any atom is 0.407 e. The van der Waals surface area contributed by atoms with Gasteiger partial charge in [-0.15, -0.1) is 0 Å². The molecule has 1 aromatic rings. The Morgan fingerprint density at radius 3 is 2.46 bits per heavy atom. The van der Waals surface area contributed by atoms with E-state index in [1.807, 2.05) is 4.90 Å². The first kappa shape index (κ1) is 21.4. The van der Waals surface area contributed by atoms with Crippen LogP contribution in [0.4, 0.5) is 16.2 Å². The summed E-state index contributed by atoms with van der Waals surface area (Å²) >= 11 is 0. The average molecular weight is 394 g/mol. The first-order chi connectivity index (χ1) is 13.2. The smallest absolute Gasteiger partial charge is 0.407 e. The molecule has 2 amide bonds. The molecule has 1 aromatic carbocycles. The maximum atomic E-state index is 12.6. The van der Waals surface area contributed by atoms with Crippen molar-refractivity contribution in [3.05, 3.63) is 33.9 Å². The maximum absolute atomic E-state index is 12.6. The second kappa shape index (κ2) is 9.36. The Morgan fingerprint density at radius 1 is 1.21 bits per heavy atom. The van der Waals surface area contributed by atoms with Crippen LogP contribution in [0.2, 0.25) is 0 Å². The quantitative estimate of drug-likeness (QED) is 0.427.